The number of carboxylic acid groups (broad SMARTS) is 4. The topological polar surface area (TPSA) is 289 Å². The van der Waals surface area contributed by atoms with Gasteiger partial charge < -0.3 is 47.8 Å². The lowest BCUT2D eigenvalue weighted by Crippen LogP contribution is -2.57. The number of carboxylic acids is 4. The van der Waals surface area contributed by atoms with E-state index in [0.717, 1.165) is 0 Å². The first kappa shape index (κ1) is 32.2. The summed E-state index contributed by atoms with van der Waals surface area (Å²) in [5.41, 5.74) is 10.9. The van der Waals surface area contributed by atoms with E-state index in [1.807, 2.05) is 0 Å². The quantitative estimate of drug-likeness (QED) is 0.0779. The van der Waals surface area contributed by atoms with Gasteiger partial charge in [-0.3, -0.25) is 28.8 Å². The minimum absolute atomic E-state index is 0.0260. The molecule has 0 aliphatic rings. The van der Waals surface area contributed by atoms with Crippen molar-refractivity contribution in [2.45, 2.75) is 75.5 Å². The molecule has 0 bridgehead atoms. The van der Waals surface area contributed by atoms with Gasteiger partial charge in [-0.2, -0.15) is 0 Å². The third-order valence-electron chi connectivity index (χ3n) is 4.85. The van der Waals surface area contributed by atoms with Gasteiger partial charge in [0, 0.05) is 12.8 Å². The number of carbonyl (C=O) groups excluding carboxylic acids is 3. The number of hydrogen-bond acceptors (Lipinski definition) is 9. The van der Waals surface area contributed by atoms with E-state index in [0.29, 0.717) is 12.8 Å². The Morgan fingerprint density at radius 1 is 0.611 bits per heavy atom. The number of unbranched alkanes of at least 4 members (excludes halogenated alkanes) is 1. The van der Waals surface area contributed by atoms with Gasteiger partial charge in [-0.1, -0.05) is 0 Å². The van der Waals surface area contributed by atoms with Crippen LogP contribution in [0.4, 0.5) is 0 Å². The van der Waals surface area contributed by atoms with Gasteiger partial charge in [0.05, 0.1) is 12.5 Å². The van der Waals surface area contributed by atoms with Crippen molar-refractivity contribution in [2.24, 2.45) is 11.5 Å². The van der Waals surface area contributed by atoms with Gasteiger partial charge in [0.15, 0.2) is 0 Å². The van der Waals surface area contributed by atoms with Gasteiger partial charge in [0.2, 0.25) is 17.7 Å². The van der Waals surface area contributed by atoms with Crippen molar-refractivity contribution in [3.63, 3.8) is 0 Å². The van der Waals surface area contributed by atoms with Gasteiger partial charge in [-0.05, 0) is 38.6 Å². The summed E-state index contributed by atoms with van der Waals surface area (Å²) in [6.45, 7) is 0.275. The highest BCUT2D eigenvalue weighted by molar-refractivity contribution is 5.95. The maximum atomic E-state index is 12.9. The average molecular weight is 520 g/mol. The summed E-state index contributed by atoms with van der Waals surface area (Å²) in [5, 5.41) is 42.4. The summed E-state index contributed by atoms with van der Waals surface area (Å²) >= 11 is 0. The zero-order chi connectivity index (χ0) is 27.8. The molecule has 0 aliphatic carbocycles. The fourth-order valence-corrected chi connectivity index (χ4v) is 2.93. The highest BCUT2D eigenvalue weighted by Crippen LogP contribution is 2.07. The lowest BCUT2D eigenvalue weighted by Gasteiger charge is -2.25. The molecule has 16 nitrogen and oxygen atoms in total. The van der Waals surface area contributed by atoms with Crippen LogP contribution in [0.2, 0.25) is 0 Å². The Labute approximate surface area is 205 Å². The molecule has 0 spiro atoms. The number of nitrogens with two attached hydrogens (primary N) is 2. The largest absolute Gasteiger partial charge is 0.481 e. The van der Waals surface area contributed by atoms with Crippen LogP contribution in [0.5, 0.6) is 0 Å². The van der Waals surface area contributed by atoms with Gasteiger partial charge in [-0.15, -0.1) is 0 Å². The Balaban J connectivity index is 5.60. The van der Waals surface area contributed by atoms with Crippen molar-refractivity contribution in [1.29, 1.82) is 0 Å². The van der Waals surface area contributed by atoms with Gasteiger partial charge >= 0.3 is 23.9 Å². The molecule has 204 valence electrons. The van der Waals surface area contributed by atoms with E-state index in [4.69, 9.17) is 26.8 Å². The van der Waals surface area contributed by atoms with Crippen LogP contribution in [0.1, 0.15) is 51.4 Å². The first-order valence-electron chi connectivity index (χ1n) is 11.0. The first-order chi connectivity index (χ1) is 16.8. The summed E-state index contributed by atoms with van der Waals surface area (Å²) in [5.74, 6) is -8.44. The zero-order valence-electron chi connectivity index (χ0n) is 19.5. The monoisotopic (exact) mass is 519 g/mol. The van der Waals surface area contributed by atoms with Crippen molar-refractivity contribution in [1.82, 2.24) is 16.0 Å². The third-order valence-corrected chi connectivity index (χ3v) is 4.85. The third kappa shape index (κ3) is 13.8. The van der Waals surface area contributed by atoms with Crippen molar-refractivity contribution >= 4 is 41.6 Å². The first-order valence-corrected chi connectivity index (χ1v) is 11.0. The Hall–Kier alpha value is -3.79. The van der Waals surface area contributed by atoms with E-state index in [2.05, 4.69) is 16.0 Å². The second kappa shape index (κ2) is 16.8. The van der Waals surface area contributed by atoms with Crippen LogP contribution in [-0.2, 0) is 33.6 Å². The molecule has 0 saturated heterocycles. The molecular weight excluding hydrogens is 486 g/mol. The molecule has 0 heterocycles. The fraction of sp³-hybridized carbons (Fsp3) is 0.650. The maximum absolute atomic E-state index is 12.9. The number of hydrogen-bond donors (Lipinski definition) is 9. The van der Waals surface area contributed by atoms with Crippen LogP contribution < -0.4 is 27.4 Å². The van der Waals surface area contributed by atoms with Crippen LogP contribution in [0.3, 0.4) is 0 Å². The number of aliphatic carboxylic acids is 4. The van der Waals surface area contributed by atoms with Crippen LogP contribution in [0, 0.1) is 0 Å². The van der Waals surface area contributed by atoms with Crippen molar-refractivity contribution in [2.75, 3.05) is 6.54 Å². The molecule has 36 heavy (non-hydrogen) atoms. The van der Waals surface area contributed by atoms with Crippen molar-refractivity contribution < 1.29 is 54.0 Å². The standard InChI is InChI=1S/C20H33N5O11/c21-8-2-1-3-11(23-17(32)10(22)9-16(30)31)18(33)24-12(4-6-14(26)27)19(34)25-13(20(35)36)5-7-15(28)29/h10-13H,1-9,21-22H2,(H,23,32)(H,24,33)(H,25,34)(H,26,27)(H,28,29)(H,30,31)(H,35,36). The molecule has 4 atom stereocenters. The molecule has 11 N–H and O–H groups in total. The highest BCUT2D eigenvalue weighted by atomic mass is 16.4. The molecule has 0 fully saturated rings. The highest BCUT2D eigenvalue weighted by Gasteiger charge is 2.31. The summed E-state index contributed by atoms with van der Waals surface area (Å²) in [6, 6.07) is -5.91. The molecule has 3 amide bonds. The van der Waals surface area contributed by atoms with Gasteiger partial charge in [-0.25, -0.2) is 4.79 Å². The minimum atomic E-state index is -1.62. The normalized spacial score (nSPS) is 13.9. The predicted molar refractivity (Wildman–Crippen MR) is 120 cm³/mol. The van der Waals surface area contributed by atoms with Crippen LogP contribution in [0.25, 0.3) is 0 Å². The Morgan fingerprint density at radius 3 is 1.50 bits per heavy atom. The summed E-state index contributed by atoms with van der Waals surface area (Å²) in [4.78, 5) is 81.7. The molecule has 0 radical (unpaired) electrons. The van der Waals surface area contributed by atoms with Crippen LogP contribution in [-0.4, -0.2) is 92.7 Å². The molecular formula is C20H33N5O11. The van der Waals surface area contributed by atoms with Crippen LogP contribution >= 0.6 is 0 Å². The van der Waals surface area contributed by atoms with E-state index in [1.54, 1.807) is 0 Å². The fourth-order valence-electron chi connectivity index (χ4n) is 2.93. The van der Waals surface area contributed by atoms with Gasteiger partial charge in [0.1, 0.15) is 18.1 Å². The number of amides is 3. The lowest BCUT2D eigenvalue weighted by atomic mass is 10.0. The van der Waals surface area contributed by atoms with E-state index in [-0.39, 0.29) is 13.0 Å². The van der Waals surface area contributed by atoms with E-state index < -0.39 is 97.9 Å². The summed E-state index contributed by atoms with van der Waals surface area (Å²) in [6.07, 6.45) is -1.93. The molecule has 0 aliphatic heterocycles. The predicted octanol–water partition coefficient (Wildman–Crippen LogP) is -2.81. The van der Waals surface area contributed by atoms with E-state index in [1.165, 1.54) is 0 Å². The molecule has 0 saturated carbocycles. The second-order valence-corrected chi connectivity index (χ2v) is 7.88. The Kier molecular flexibility index (Phi) is 15.0. The second-order valence-electron chi connectivity index (χ2n) is 7.88. The van der Waals surface area contributed by atoms with Gasteiger partial charge in [0.25, 0.3) is 0 Å². The molecule has 4 unspecified atom stereocenters. The number of carbonyl (C=O) groups is 7. The number of rotatable bonds is 19. The zero-order valence-corrected chi connectivity index (χ0v) is 19.5. The molecule has 0 aromatic carbocycles. The van der Waals surface area contributed by atoms with E-state index >= 15 is 0 Å². The summed E-state index contributed by atoms with van der Waals surface area (Å²) in [7, 11) is 0. The average Bonchev–Trinajstić information content (AvgIpc) is 2.77. The molecule has 0 rings (SSSR count). The van der Waals surface area contributed by atoms with Crippen LogP contribution in [0.15, 0.2) is 0 Å². The summed E-state index contributed by atoms with van der Waals surface area (Å²) < 4.78 is 0. The maximum Gasteiger partial charge on any atom is 0.326 e. The van der Waals surface area contributed by atoms with Crippen molar-refractivity contribution in [3.8, 4) is 0 Å². The lowest BCUT2D eigenvalue weighted by molar-refractivity contribution is -0.144. The minimum Gasteiger partial charge on any atom is -0.481 e. The smallest absolute Gasteiger partial charge is 0.326 e. The molecule has 0 aromatic rings. The Morgan fingerprint density at radius 2 is 1.06 bits per heavy atom. The van der Waals surface area contributed by atoms with Crippen molar-refractivity contribution in [3.05, 3.63) is 0 Å². The SMILES string of the molecule is NCCCCC(NC(=O)C(N)CC(=O)O)C(=O)NC(CCC(=O)O)C(=O)NC(CCC(=O)O)C(=O)O. The Bertz CT molecular complexity index is 820. The van der Waals surface area contributed by atoms with E-state index in [9.17, 15) is 38.7 Å². The molecule has 16 heteroatoms. The molecule has 0 aromatic heterocycles. The number of nitrogens with one attached hydrogen (secondary N) is 3.